The molecule has 0 radical (unpaired) electrons. The van der Waals surface area contributed by atoms with E-state index in [1.165, 1.54) is 11.3 Å². The summed E-state index contributed by atoms with van der Waals surface area (Å²) in [5, 5.41) is 7.79. The van der Waals surface area contributed by atoms with Gasteiger partial charge in [-0.3, -0.25) is 10.2 Å². The first-order valence-electron chi connectivity index (χ1n) is 7.21. The zero-order valence-corrected chi connectivity index (χ0v) is 13.4. The first kappa shape index (κ1) is 15.2. The fraction of sp³-hybridized carbons (Fsp3) is 0.188. The van der Waals surface area contributed by atoms with Crippen LogP contribution < -0.4 is 5.43 Å². The molecule has 1 aromatic carbocycles. The van der Waals surface area contributed by atoms with Gasteiger partial charge in [-0.05, 0) is 19.1 Å². The van der Waals surface area contributed by atoms with Crippen LogP contribution in [-0.2, 0) is 16.0 Å². The quantitative estimate of drug-likeness (QED) is 0.414. The van der Waals surface area contributed by atoms with Crippen LogP contribution in [0.1, 0.15) is 18.2 Å². The molecule has 0 aliphatic rings. The number of esters is 1. The lowest BCUT2D eigenvalue weighted by molar-refractivity contribution is -0.142. The summed E-state index contributed by atoms with van der Waals surface area (Å²) in [4.78, 5) is 18.9. The molecule has 0 amide bonds. The molecule has 0 aliphatic heterocycles. The number of hydrogen-bond donors (Lipinski definition) is 2. The summed E-state index contributed by atoms with van der Waals surface area (Å²) in [6, 6.07) is 8.00. The number of hydrogen-bond acceptors (Lipinski definition) is 6. The number of aromatic nitrogens is 2. The SMILES string of the molecule is CCOC(=O)Cc1csc(NN=Cc2cccc3[nH]ccc23)n1. The third-order valence-electron chi connectivity index (χ3n) is 3.18. The van der Waals surface area contributed by atoms with Crippen molar-refractivity contribution in [1.29, 1.82) is 0 Å². The van der Waals surface area contributed by atoms with E-state index in [9.17, 15) is 4.79 Å². The second-order valence-electron chi connectivity index (χ2n) is 4.78. The van der Waals surface area contributed by atoms with E-state index in [4.69, 9.17) is 4.74 Å². The minimum atomic E-state index is -0.271. The molecule has 0 saturated heterocycles. The predicted octanol–water partition coefficient (Wildman–Crippen LogP) is 3.18. The maximum Gasteiger partial charge on any atom is 0.311 e. The molecule has 0 spiro atoms. The van der Waals surface area contributed by atoms with E-state index < -0.39 is 0 Å². The van der Waals surface area contributed by atoms with E-state index >= 15 is 0 Å². The maximum absolute atomic E-state index is 11.4. The molecule has 118 valence electrons. The second-order valence-corrected chi connectivity index (χ2v) is 5.64. The van der Waals surface area contributed by atoms with Crippen LogP contribution in [0.2, 0.25) is 0 Å². The molecule has 7 heteroatoms. The van der Waals surface area contributed by atoms with Gasteiger partial charge in [0.15, 0.2) is 0 Å². The van der Waals surface area contributed by atoms with Crippen LogP contribution in [0.3, 0.4) is 0 Å². The number of hydrazone groups is 1. The molecule has 0 atom stereocenters. The summed E-state index contributed by atoms with van der Waals surface area (Å²) in [7, 11) is 0. The van der Waals surface area contributed by atoms with E-state index in [0.717, 1.165) is 16.5 Å². The minimum absolute atomic E-state index is 0.179. The van der Waals surface area contributed by atoms with E-state index in [0.29, 0.717) is 17.4 Å². The normalized spacial score (nSPS) is 11.2. The monoisotopic (exact) mass is 328 g/mol. The number of nitrogens with one attached hydrogen (secondary N) is 2. The molecule has 3 aromatic rings. The first-order chi connectivity index (χ1) is 11.3. The van der Waals surface area contributed by atoms with E-state index in [1.54, 1.807) is 13.1 Å². The van der Waals surface area contributed by atoms with Crippen molar-refractivity contribution in [2.24, 2.45) is 5.10 Å². The molecule has 0 saturated carbocycles. The van der Waals surface area contributed by atoms with Crippen LogP contribution in [0.5, 0.6) is 0 Å². The number of rotatable bonds is 6. The Kier molecular flexibility index (Phi) is 4.68. The Hall–Kier alpha value is -2.67. The lowest BCUT2D eigenvalue weighted by Gasteiger charge is -1.98. The average molecular weight is 328 g/mol. The predicted molar refractivity (Wildman–Crippen MR) is 92.0 cm³/mol. The van der Waals surface area contributed by atoms with Crippen molar-refractivity contribution < 1.29 is 9.53 Å². The van der Waals surface area contributed by atoms with Crippen LogP contribution in [0.4, 0.5) is 5.13 Å². The van der Waals surface area contributed by atoms with Gasteiger partial charge in [-0.2, -0.15) is 5.10 Å². The molecule has 0 aliphatic carbocycles. The Labute approximate surface area is 137 Å². The number of thiazole rings is 1. The Bertz CT molecular complexity index is 837. The van der Waals surface area contributed by atoms with Gasteiger partial charge in [0.05, 0.1) is 24.9 Å². The van der Waals surface area contributed by atoms with Gasteiger partial charge in [0.1, 0.15) is 0 Å². The van der Waals surface area contributed by atoms with Gasteiger partial charge in [0, 0.05) is 28.0 Å². The van der Waals surface area contributed by atoms with Crippen molar-refractivity contribution in [3.63, 3.8) is 0 Å². The third kappa shape index (κ3) is 3.75. The van der Waals surface area contributed by atoms with E-state index in [2.05, 4.69) is 20.5 Å². The van der Waals surface area contributed by atoms with Crippen molar-refractivity contribution in [2.45, 2.75) is 13.3 Å². The van der Waals surface area contributed by atoms with E-state index in [-0.39, 0.29) is 12.4 Å². The largest absolute Gasteiger partial charge is 0.466 e. The molecule has 0 unspecified atom stereocenters. The Morgan fingerprint density at radius 1 is 1.48 bits per heavy atom. The van der Waals surface area contributed by atoms with Gasteiger partial charge >= 0.3 is 5.97 Å². The Balaban J connectivity index is 1.63. The number of anilines is 1. The highest BCUT2D eigenvalue weighted by Crippen LogP contribution is 2.17. The van der Waals surface area contributed by atoms with Crippen LogP contribution >= 0.6 is 11.3 Å². The number of carbonyl (C=O) groups is 1. The molecule has 0 fully saturated rings. The number of ether oxygens (including phenoxy) is 1. The van der Waals surface area contributed by atoms with Crippen LogP contribution in [-0.4, -0.2) is 28.8 Å². The molecule has 6 nitrogen and oxygen atoms in total. The van der Waals surface area contributed by atoms with Crippen molar-refractivity contribution >= 4 is 39.6 Å². The first-order valence-corrected chi connectivity index (χ1v) is 8.09. The summed E-state index contributed by atoms with van der Waals surface area (Å²) in [5.41, 5.74) is 5.65. The fourth-order valence-corrected chi connectivity index (χ4v) is 2.84. The molecular weight excluding hydrogens is 312 g/mol. The summed E-state index contributed by atoms with van der Waals surface area (Å²) in [5.74, 6) is -0.271. The highest BCUT2D eigenvalue weighted by molar-refractivity contribution is 7.13. The zero-order chi connectivity index (χ0) is 16.1. The standard InChI is InChI=1S/C16H16N4O2S/c1-2-22-15(21)8-12-10-23-16(19-12)20-18-9-11-4-3-5-14-13(11)6-7-17-14/h3-7,9-10,17H,2,8H2,1H3,(H,19,20). The van der Waals surface area contributed by atoms with Gasteiger partial charge in [-0.25, -0.2) is 4.98 Å². The van der Waals surface area contributed by atoms with Crippen molar-refractivity contribution in [3.05, 3.63) is 47.1 Å². The number of aromatic amines is 1. The summed E-state index contributed by atoms with van der Waals surface area (Å²) in [6.45, 7) is 2.16. The molecular formula is C16H16N4O2S. The molecule has 2 heterocycles. The fourth-order valence-electron chi connectivity index (χ4n) is 2.18. The summed E-state index contributed by atoms with van der Waals surface area (Å²) >= 11 is 1.40. The second kappa shape index (κ2) is 7.06. The Morgan fingerprint density at radius 3 is 3.26 bits per heavy atom. The lowest BCUT2D eigenvalue weighted by atomic mass is 10.1. The highest BCUT2D eigenvalue weighted by Gasteiger charge is 2.07. The third-order valence-corrected chi connectivity index (χ3v) is 3.97. The smallest absolute Gasteiger partial charge is 0.311 e. The molecule has 2 N–H and O–H groups in total. The Morgan fingerprint density at radius 2 is 2.39 bits per heavy atom. The van der Waals surface area contributed by atoms with Crippen molar-refractivity contribution in [1.82, 2.24) is 9.97 Å². The van der Waals surface area contributed by atoms with Crippen LogP contribution in [0.25, 0.3) is 10.9 Å². The zero-order valence-electron chi connectivity index (χ0n) is 12.6. The molecule has 23 heavy (non-hydrogen) atoms. The molecule has 3 rings (SSSR count). The number of fused-ring (bicyclic) bond motifs is 1. The molecule has 2 aromatic heterocycles. The van der Waals surface area contributed by atoms with Gasteiger partial charge < -0.3 is 9.72 Å². The lowest BCUT2D eigenvalue weighted by Crippen LogP contribution is -2.07. The van der Waals surface area contributed by atoms with Crippen LogP contribution in [0, 0.1) is 0 Å². The van der Waals surface area contributed by atoms with Gasteiger partial charge in [-0.1, -0.05) is 12.1 Å². The number of nitrogens with zero attached hydrogens (tertiary/aromatic N) is 2. The number of carbonyl (C=O) groups excluding carboxylic acids is 1. The number of H-pyrrole nitrogens is 1. The van der Waals surface area contributed by atoms with Gasteiger partial charge in [0.2, 0.25) is 5.13 Å². The summed E-state index contributed by atoms with van der Waals surface area (Å²) in [6.07, 6.45) is 3.83. The van der Waals surface area contributed by atoms with Crippen molar-refractivity contribution in [3.8, 4) is 0 Å². The highest BCUT2D eigenvalue weighted by atomic mass is 32.1. The average Bonchev–Trinajstić information content (AvgIpc) is 3.17. The van der Waals surface area contributed by atoms with Gasteiger partial charge in [0.25, 0.3) is 0 Å². The minimum Gasteiger partial charge on any atom is -0.466 e. The van der Waals surface area contributed by atoms with E-state index in [1.807, 2.05) is 35.8 Å². The number of benzene rings is 1. The maximum atomic E-state index is 11.4. The summed E-state index contributed by atoms with van der Waals surface area (Å²) < 4.78 is 4.90. The molecule has 0 bridgehead atoms. The topological polar surface area (TPSA) is 79.4 Å². The van der Waals surface area contributed by atoms with Gasteiger partial charge in [-0.15, -0.1) is 11.3 Å². The van der Waals surface area contributed by atoms with Crippen molar-refractivity contribution in [2.75, 3.05) is 12.0 Å². The van der Waals surface area contributed by atoms with Crippen LogP contribution in [0.15, 0.2) is 40.9 Å².